The predicted octanol–water partition coefficient (Wildman–Crippen LogP) is 2.72. The SMILES string of the molecule is CC1CC(Nc2ccccc2F)CCN1C. The van der Waals surface area contributed by atoms with E-state index in [9.17, 15) is 4.39 Å². The van der Waals surface area contributed by atoms with Gasteiger partial charge in [-0.25, -0.2) is 4.39 Å². The Bertz CT molecular complexity index is 354. The van der Waals surface area contributed by atoms with Crippen molar-refractivity contribution in [1.82, 2.24) is 4.90 Å². The fourth-order valence-corrected chi connectivity index (χ4v) is 2.22. The molecule has 1 N–H and O–H groups in total. The molecule has 2 rings (SSSR count). The molecule has 1 aliphatic rings. The Morgan fingerprint density at radius 1 is 1.38 bits per heavy atom. The van der Waals surface area contributed by atoms with Crippen LogP contribution in [0.25, 0.3) is 0 Å². The first-order chi connectivity index (χ1) is 7.66. The Morgan fingerprint density at radius 2 is 2.12 bits per heavy atom. The second-order valence-electron chi connectivity index (χ2n) is 4.68. The molecule has 0 saturated carbocycles. The molecule has 2 nitrogen and oxygen atoms in total. The summed E-state index contributed by atoms with van der Waals surface area (Å²) in [6.45, 7) is 3.29. The van der Waals surface area contributed by atoms with E-state index in [4.69, 9.17) is 0 Å². The Morgan fingerprint density at radius 3 is 2.81 bits per heavy atom. The van der Waals surface area contributed by atoms with E-state index < -0.39 is 0 Å². The van der Waals surface area contributed by atoms with Crippen molar-refractivity contribution in [3.63, 3.8) is 0 Å². The molecule has 0 spiro atoms. The largest absolute Gasteiger partial charge is 0.380 e. The zero-order valence-electron chi connectivity index (χ0n) is 9.91. The maximum atomic E-state index is 13.4. The number of rotatable bonds is 2. The van der Waals surface area contributed by atoms with Crippen molar-refractivity contribution in [3.8, 4) is 0 Å². The van der Waals surface area contributed by atoms with Crippen LogP contribution in [0.15, 0.2) is 24.3 Å². The highest BCUT2D eigenvalue weighted by Gasteiger charge is 2.22. The van der Waals surface area contributed by atoms with Gasteiger partial charge in [-0.2, -0.15) is 0 Å². The average Bonchev–Trinajstić information content (AvgIpc) is 2.27. The fourth-order valence-electron chi connectivity index (χ4n) is 2.22. The molecular weight excluding hydrogens is 203 g/mol. The van der Waals surface area contributed by atoms with Crippen LogP contribution in [-0.4, -0.2) is 30.6 Å². The number of benzene rings is 1. The first-order valence-corrected chi connectivity index (χ1v) is 5.88. The maximum absolute atomic E-state index is 13.4. The zero-order valence-corrected chi connectivity index (χ0v) is 9.91. The van der Waals surface area contributed by atoms with Gasteiger partial charge in [-0.1, -0.05) is 12.1 Å². The lowest BCUT2D eigenvalue weighted by molar-refractivity contribution is 0.190. The van der Waals surface area contributed by atoms with Crippen LogP contribution in [0.2, 0.25) is 0 Å². The maximum Gasteiger partial charge on any atom is 0.146 e. The van der Waals surface area contributed by atoms with Gasteiger partial charge in [-0.3, -0.25) is 0 Å². The molecule has 1 aliphatic heterocycles. The van der Waals surface area contributed by atoms with E-state index in [1.807, 2.05) is 6.07 Å². The van der Waals surface area contributed by atoms with E-state index in [-0.39, 0.29) is 5.82 Å². The first kappa shape index (κ1) is 11.4. The molecular formula is C13H19FN2. The highest BCUT2D eigenvalue weighted by molar-refractivity contribution is 5.45. The summed E-state index contributed by atoms with van der Waals surface area (Å²) in [7, 11) is 2.14. The molecule has 16 heavy (non-hydrogen) atoms. The number of halogens is 1. The van der Waals surface area contributed by atoms with E-state index in [1.54, 1.807) is 12.1 Å². The zero-order chi connectivity index (χ0) is 11.5. The summed E-state index contributed by atoms with van der Waals surface area (Å²) in [5.74, 6) is -0.158. The first-order valence-electron chi connectivity index (χ1n) is 5.88. The van der Waals surface area contributed by atoms with Crippen molar-refractivity contribution >= 4 is 5.69 Å². The number of likely N-dealkylation sites (tertiary alicyclic amines) is 1. The van der Waals surface area contributed by atoms with Gasteiger partial charge in [0.1, 0.15) is 5.82 Å². The molecule has 3 heteroatoms. The minimum Gasteiger partial charge on any atom is -0.380 e. The number of hydrogen-bond donors (Lipinski definition) is 1. The third-order valence-corrected chi connectivity index (χ3v) is 3.44. The molecule has 88 valence electrons. The number of para-hydroxylation sites is 1. The van der Waals surface area contributed by atoms with Gasteiger partial charge in [0.15, 0.2) is 0 Å². The Balaban J connectivity index is 1.98. The number of piperidine rings is 1. The molecule has 1 aromatic carbocycles. The van der Waals surface area contributed by atoms with Crippen LogP contribution in [0, 0.1) is 5.82 Å². The van der Waals surface area contributed by atoms with Gasteiger partial charge in [-0.05, 0) is 38.9 Å². The topological polar surface area (TPSA) is 15.3 Å². The van der Waals surface area contributed by atoms with Crippen molar-refractivity contribution in [3.05, 3.63) is 30.1 Å². The Kier molecular flexibility index (Phi) is 3.44. The number of hydrogen-bond acceptors (Lipinski definition) is 2. The number of nitrogens with one attached hydrogen (secondary N) is 1. The van der Waals surface area contributed by atoms with Crippen LogP contribution in [0.3, 0.4) is 0 Å². The molecule has 1 aromatic rings. The molecule has 0 amide bonds. The lowest BCUT2D eigenvalue weighted by Gasteiger charge is -2.35. The highest BCUT2D eigenvalue weighted by atomic mass is 19.1. The minimum absolute atomic E-state index is 0.158. The van der Waals surface area contributed by atoms with E-state index in [0.717, 1.165) is 19.4 Å². The van der Waals surface area contributed by atoms with Gasteiger partial charge < -0.3 is 10.2 Å². The smallest absolute Gasteiger partial charge is 0.146 e. The van der Waals surface area contributed by atoms with Crippen LogP contribution >= 0.6 is 0 Å². The van der Waals surface area contributed by atoms with Gasteiger partial charge in [0.2, 0.25) is 0 Å². The summed E-state index contributed by atoms with van der Waals surface area (Å²) < 4.78 is 13.4. The summed E-state index contributed by atoms with van der Waals surface area (Å²) in [5.41, 5.74) is 0.629. The molecule has 0 aliphatic carbocycles. The van der Waals surface area contributed by atoms with Crippen LogP contribution in [0.4, 0.5) is 10.1 Å². The molecule has 0 aromatic heterocycles. The Hall–Kier alpha value is -1.09. The monoisotopic (exact) mass is 222 g/mol. The van der Waals surface area contributed by atoms with E-state index in [0.29, 0.717) is 17.8 Å². The van der Waals surface area contributed by atoms with Crippen molar-refractivity contribution < 1.29 is 4.39 Å². The minimum atomic E-state index is -0.158. The van der Waals surface area contributed by atoms with Gasteiger partial charge in [-0.15, -0.1) is 0 Å². The standard InChI is InChI=1S/C13H19FN2/c1-10-9-11(7-8-16(10)2)15-13-6-4-3-5-12(13)14/h3-6,10-11,15H,7-9H2,1-2H3. The van der Waals surface area contributed by atoms with Gasteiger partial charge in [0.25, 0.3) is 0 Å². The number of nitrogens with zero attached hydrogens (tertiary/aromatic N) is 1. The van der Waals surface area contributed by atoms with E-state index in [2.05, 4.69) is 24.2 Å². The number of anilines is 1. The second-order valence-corrected chi connectivity index (χ2v) is 4.68. The summed E-state index contributed by atoms with van der Waals surface area (Å²) >= 11 is 0. The van der Waals surface area contributed by atoms with Crippen molar-refractivity contribution in [1.29, 1.82) is 0 Å². The summed E-state index contributed by atoms with van der Waals surface area (Å²) in [5, 5.41) is 3.30. The van der Waals surface area contributed by atoms with Crippen molar-refractivity contribution in [2.24, 2.45) is 0 Å². The second kappa shape index (κ2) is 4.83. The van der Waals surface area contributed by atoms with E-state index in [1.165, 1.54) is 6.07 Å². The summed E-state index contributed by atoms with van der Waals surface area (Å²) in [4.78, 5) is 2.35. The van der Waals surface area contributed by atoms with Crippen LogP contribution < -0.4 is 5.32 Å². The van der Waals surface area contributed by atoms with Crippen LogP contribution in [0.5, 0.6) is 0 Å². The fraction of sp³-hybridized carbons (Fsp3) is 0.538. The summed E-state index contributed by atoms with van der Waals surface area (Å²) in [6.07, 6.45) is 2.15. The van der Waals surface area contributed by atoms with E-state index >= 15 is 0 Å². The normalized spacial score (nSPS) is 26.7. The third-order valence-electron chi connectivity index (χ3n) is 3.44. The quantitative estimate of drug-likeness (QED) is 0.827. The molecule has 2 atom stereocenters. The Labute approximate surface area is 96.5 Å². The van der Waals surface area contributed by atoms with Crippen LogP contribution in [-0.2, 0) is 0 Å². The van der Waals surface area contributed by atoms with Crippen molar-refractivity contribution in [2.75, 3.05) is 18.9 Å². The van der Waals surface area contributed by atoms with Gasteiger partial charge in [0.05, 0.1) is 5.69 Å². The molecule has 1 fully saturated rings. The summed E-state index contributed by atoms with van der Waals surface area (Å²) in [6, 6.07) is 7.85. The lowest BCUT2D eigenvalue weighted by Crippen LogP contribution is -2.42. The predicted molar refractivity (Wildman–Crippen MR) is 65.1 cm³/mol. The van der Waals surface area contributed by atoms with Gasteiger partial charge >= 0.3 is 0 Å². The molecule has 1 heterocycles. The molecule has 2 unspecified atom stereocenters. The lowest BCUT2D eigenvalue weighted by atomic mass is 9.98. The average molecular weight is 222 g/mol. The molecule has 0 radical (unpaired) electrons. The van der Waals surface area contributed by atoms with Gasteiger partial charge in [0, 0.05) is 18.6 Å². The molecule has 0 bridgehead atoms. The molecule has 1 saturated heterocycles. The highest BCUT2D eigenvalue weighted by Crippen LogP contribution is 2.21. The van der Waals surface area contributed by atoms with Crippen LogP contribution in [0.1, 0.15) is 19.8 Å². The third kappa shape index (κ3) is 2.53. The van der Waals surface area contributed by atoms with Crippen molar-refractivity contribution in [2.45, 2.75) is 31.8 Å².